The summed E-state index contributed by atoms with van der Waals surface area (Å²) in [5.74, 6) is -0.331. The summed E-state index contributed by atoms with van der Waals surface area (Å²) in [5.41, 5.74) is 2.02. The van der Waals surface area contributed by atoms with Crippen molar-refractivity contribution in [3.63, 3.8) is 0 Å². The maximum absolute atomic E-state index is 12.8. The Hall–Kier alpha value is -2.58. The van der Waals surface area contributed by atoms with Gasteiger partial charge in [0, 0.05) is 18.2 Å². The van der Waals surface area contributed by atoms with E-state index in [1.165, 1.54) is 24.3 Å². The van der Waals surface area contributed by atoms with Crippen molar-refractivity contribution in [1.82, 2.24) is 0 Å². The van der Waals surface area contributed by atoms with E-state index in [2.05, 4.69) is 4.72 Å². The van der Waals surface area contributed by atoms with Crippen molar-refractivity contribution in [3.05, 3.63) is 52.5 Å². The van der Waals surface area contributed by atoms with Crippen LogP contribution in [0.3, 0.4) is 0 Å². The van der Waals surface area contributed by atoms with E-state index < -0.39 is 16.0 Å². The van der Waals surface area contributed by atoms with Crippen molar-refractivity contribution >= 4 is 44.9 Å². The first-order valence-corrected chi connectivity index (χ1v) is 11.6. The number of rotatable bonds is 6. The number of carbonyl (C=O) groups excluding carboxylic acids is 2. The first-order valence-electron chi connectivity index (χ1n) is 9.74. The third-order valence-electron chi connectivity index (χ3n) is 5.17. The van der Waals surface area contributed by atoms with Crippen LogP contribution in [0.2, 0.25) is 5.02 Å². The number of anilines is 2. The molecule has 1 saturated carbocycles. The number of carbonyl (C=O) groups is 2. The Morgan fingerprint density at radius 2 is 1.97 bits per heavy atom. The second-order valence-electron chi connectivity index (χ2n) is 7.33. The van der Waals surface area contributed by atoms with Gasteiger partial charge in [-0.2, -0.15) is 0 Å². The maximum Gasteiger partial charge on any atom is 0.339 e. The van der Waals surface area contributed by atoms with E-state index in [-0.39, 0.29) is 39.6 Å². The summed E-state index contributed by atoms with van der Waals surface area (Å²) in [5, 5.41) is 0.0943. The molecule has 1 fully saturated rings. The summed E-state index contributed by atoms with van der Waals surface area (Å²) in [7, 11) is -3.86. The predicted octanol–water partition coefficient (Wildman–Crippen LogP) is 3.62. The van der Waals surface area contributed by atoms with Gasteiger partial charge in [-0.05, 0) is 68.1 Å². The van der Waals surface area contributed by atoms with Gasteiger partial charge in [-0.15, -0.1) is 0 Å². The highest BCUT2D eigenvalue weighted by molar-refractivity contribution is 7.92. The number of nitrogens with zero attached hydrogens (tertiary/aromatic N) is 1. The van der Waals surface area contributed by atoms with Crippen molar-refractivity contribution in [2.24, 2.45) is 5.92 Å². The predicted molar refractivity (Wildman–Crippen MR) is 113 cm³/mol. The van der Waals surface area contributed by atoms with Gasteiger partial charge >= 0.3 is 5.97 Å². The molecule has 0 bridgehead atoms. The largest absolute Gasteiger partial charge is 0.462 e. The smallest absolute Gasteiger partial charge is 0.339 e. The Kier molecular flexibility index (Phi) is 5.46. The van der Waals surface area contributed by atoms with E-state index in [0.717, 1.165) is 24.1 Å². The standard InChI is InChI=1S/C21H21ClN2O5S/c1-2-29-21(26)17-7-5-15(12-18(17)22)23-30(27,28)16-6-8-19-14(11-16)9-10-24(19)20(25)13-3-4-13/h5-8,11-13,23H,2-4,9-10H2,1H3. The quantitative estimate of drug-likeness (QED) is 0.681. The molecule has 0 spiro atoms. The molecular formula is C21H21ClN2O5S. The summed E-state index contributed by atoms with van der Waals surface area (Å²) >= 11 is 6.11. The highest BCUT2D eigenvalue weighted by Gasteiger charge is 2.36. The fourth-order valence-corrected chi connectivity index (χ4v) is 4.85. The van der Waals surface area contributed by atoms with Gasteiger partial charge in [-0.3, -0.25) is 9.52 Å². The maximum atomic E-state index is 12.8. The lowest BCUT2D eigenvalue weighted by atomic mass is 10.2. The Balaban J connectivity index is 1.54. The zero-order valence-corrected chi connectivity index (χ0v) is 17.9. The molecule has 30 heavy (non-hydrogen) atoms. The number of fused-ring (bicyclic) bond motifs is 1. The van der Waals surface area contributed by atoms with Crippen LogP contribution in [0.15, 0.2) is 41.3 Å². The number of halogens is 1. The van der Waals surface area contributed by atoms with Crippen LogP contribution in [0.5, 0.6) is 0 Å². The Morgan fingerprint density at radius 1 is 1.20 bits per heavy atom. The number of hydrogen-bond acceptors (Lipinski definition) is 5. The Labute approximate surface area is 180 Å². The van der Waals surface area contributed by atoms with Crippen molar-refractivity contribution in [1.29, 1.82) is 0 Å². The molecule has 0 saturated heterocycles. The number of sulfonamides is 1. The van der Waals surface area contributed by atoms with Crippen LogP contribution in [0.4, 0.5) is 11.4 Å². The molecule has 0 atom stereocenters. The molecule has 9 heteroatoms. The Bertz CT molecular complexity index is 1130. The van der Waals surface area contributed by atoms with Crippen LogP contribution in [0, 0.1) is 5.92 Å². The average molecular weight is 449 g/mol. The number of amides is 1. The van der Waals surface area contributed by atoms with Crippen LogP contribution in [-0.2, 0) is 26.0 Å². The number of nitrogens with one attached hydrogen (secondary N) is 1. The lowest BCUT2D eigenvalue weighted by molar-refractivity contribution is -0.119. The molecular weight excluding hydrogens is 428 g/mol. The van der Waals surface area contributed by atoms with Gasteiger partial charge in [0.1, 0.15) is 0 Å². The molecule has 2 aromatic carbocycles. The van der Waals surface area contributed by atoms with E-state index in [4.69, 9.17) is 16.3 Å². The fourth-order valence-electron chi connectivity index (χ4n) is 3.49. The number of hydrogen-bond donors (Lipinski definition) is 1. The molecule has 1 amide bonds. The van der Waals surface area contributed by atoms with Gasteiger partial charge in [-0.25, -0.2) is 13.2 Å². The van der Waals surface area contributed by atoms with Gasteiger partial charge in [0.2, 0.25) is 5.91 Å². The van der Waals surface area contributed by atoms with Crippen LogP contribution < -0.4 is 9.62 Å². The molecule has 1 heterocycles. The Morgan fingerprint density at radius 3 is 2.63 bits per heavy atom. The minimum Gasteiger partial charge on any atom is -0.462 e. The molecule has 0 radical (unpaired) electrons. The highest BCUT2D eigenvalue weighted by Crippen LogP contribution is 2.37. The van der Waals surface area contributed by atoms with Gasteiger partial charge in [-0.1, -0.05) is 11.6 Å². The van der Waals surface area contributed by atoms with E-state index in [1.807, 2.05) is 0 Å². The average Bonchev–Trinajstić information content (AvgIpc) is 3.46. The zero-order chi connectivity index (χ0) is 21.5. The molecule has 0 aromatic heterocycles. The normalized spacial score (nSPS) is 15.6. The highest BCUT2D eigenvalue weighted by atomic mass is 35.5. The molecule has 1 aliphatic carbocycles. The first-order chi connectivity index (χ1) is 14.3. The lowest BCUT2D eigenvalue weighted by Crippen LogP contribution is -2.30. The molecule has 7 nitrogen and oxygen atoms in total. The van der Waals surface area contributed by atoms with Gasteiger partial charge in [0.05, 0.1) is 27.8 Å². The molecule has 2 aliphatic rings. The first kappa shape index (κ1) is 20.7. The molecule has 2 aromatic rings. The van der Waals surface area contributed by atoms with E-state index >= 15 is 0 Å². The van der Waals surface area contributed by atoms with Gasteiger partial charge in [0.15, 0.2) is 0 Å². The van der Waals surface area contributed by atoms with E-state index in [0.29, 0.717) is 13.0 Å². The summed E-state index contributed by atoms with van der Waals surface area (Å²) in [6.45, 7) is 2.48. The molecule has 158 valence electrons. The minimum atomic E-state index is -3.86. The van der Waals surface area contributed by atoms with Gasteiger partial charge < -0.3 is 9.64 Å². The van der Waals surface area contributed by atoms with Crippen LogP contribution in [-0.4, -0.2) is 33.4 Å². The SMILES string of the molecule is CCOC(=O)c1ccc(NS(=O)(=O)c2ccc3c(c2)CCN3C(=O)C2CC2)cc1Cl. The third kappa shape index (κ3) is 4.02. The summed E-state index contributed by atoms with van der Waals surface area (Å²) in [6.07, 6.45) is 2.48. The zero-order valence-electron chi connectivity index (χ0n) is 16.4. The summed E-state index contributed by atoms with van der Waals surface area (Å²) in [6, 6.07) is 9.03. The monoisotopic (exact) mass is 448 g/mol. The number of benzene rings is 2. The van der Waals surface area contributed by atoms with Crippen LogP contribution in [0.25, 0.3) is 0 Å². The minimum absolute atomic E-state index is 0.0943. The topological polar surface area (TPSA) is 92.8 Å². The summed E-state index contributed by atoms with van der Waals surface area (Å²) < 4.78 is 33.1. The van der Waals surface area contributed by atoms with Gasteiger partial charge in [0.25, 0.3) is 10.0 Å². The van der Waals surface area contributed by atoms with E-state index in [1.54, 1.807) is 24.0 Å². The van der Waals surface area contributed by atoms with Crippen molar-refractivity contribution in [2.75, 3.05) is 22.8 Å². The van der Waals surface area contributed by atoms with Crippen molar-refractivity contribution in [3.8, 4) is 0 Å². The third-order valence-corrected chi connectivity index (χ3v) is 6.86. The van der Waals surface area contributed by atoms with Crippen molar-refractivity contribution < 1.29 is 22.7 Å². The van der Waals surface area contributed by atoms with Crippen molar-refractivity contribution in [2.45, 2.75) is 31.1 Å². The van der Waals surface area contributed by atoms with Crippen LogP contribution in [0.1, 0.15) is 35.7 Å². The van der Waals surface area contributed by atoms with E-state index in [9.17, 15) is 18.0 Å². The molecule has 1 N–H and O–H groups in total. The second-order valence-corrected chi connectivity index (χ2v) is 9.41. The van der Waals surface area contributed by atoms with Crippen LogP contribution >= 0.6 is 11.6 Å². The number of ether oxygens (including phenoxy) is 1. The molecule has 1 aliphatic heterocycles. The number of esters is 1. The molecule has 0 unspecified atom stereocenters. The molecule has 4 rings (SSSR count). The second kappa shape index (κ2) is 7.92. The fraction of sp³-hybridized carbons (Fsp3) is 0.333. The summed E-state index contributed by atoms with van der Waals surface area (Å²) in [4.78, 5) is 26.1. The lowest BCUT2D eigenvalue weighted by Gasteiger charge is -2.17.